The van der Waals surface area contributed by atoms with Crippen molar-refractivity contribution < 1.29 is 4.79 Å². The number of carbonyl (C=O) groups excluding carboxylic acids is 1. The van der Waals surface area contributed by atoms with Crippen LogP contribution in [0, 0.1) is 11.3 Å². The van der Waals surface area contributed by atoms with Crippen LogP contribution in [0.3, 0.4) is 0 Å². The normalized spacial score (nSPS) is 15.0. The number of halogens is 1. The zero-order valence-corrected chi connectivity index (χ0v) is 14.5. The lowest BCUT2D eigenvalue weighted by Gasteiger charge is -2.36. The molecule has 1 aliphatic rings. The van der Waals surface area contributed by atoms with E-state index in [1.807, 2.05) is 24.3 Å². The highest BCUT2D eigenvalue weighted by Gasteiger charge is 2.23. The Kier molecular flexibility index (Phi) is 5.37. The standard InChI is InChI=1S/C20H18ClN3O/c21-18-8-6-16(7-9-18)14-17(15-22)20(25)24-12-10-23(11-13-24)19-4-2-1-3-5-19/h1-9,14H,10-13H2/b17-14+. The predicted octanol–water partition coefficient (Wildman–Crippen LogP) is 3.60. The van der Waals surface area contributed by atoms with E-state index in [2.05, 4.69) is 17.0 Å². The van der Waals surface area contributed by atoms with E-state index in [4.69, 9.17) is 11.6 Å². The van der Waals surface area contributed by atoms with Crippen molar-refractivity contribution in [1.82, 2.24) is 4.90 Å². The van der Waals surface area contributed by atoms with Crippen LogP contribution in [-0.4, -0.2) is 37.0 Å². The zero-order chi connectivity index (χ0) is 17.6. The molecule has 0 aliphatic carbocycles. The summed E-state index contributed by atoms with van der Waals surface area (Å²) in [6.07, 6.45) is 1.61. The maximum Gasteiger partial charge on any atom is 0.264 e. The van der Waals surface area contributed by atoms with E-state index >= 15 is 0 Å². The lowest BCUT2D eigenvalue weighted by atomic mass is 10.1. The molecule has 0 spiro atoms. The molecule has 2 aromatic carbocycles. The minimum Gasteiger partial charge on any atom is -0.368 e. The van der Waals surface area contributed by atoms with Crippen molar-refractivity contribution in [3.63, 3.8) is 0 Å². The zero-order valence-electron chi connectivity index (χ0n) is 13.7. The molecule has 0 unspecified atom stereocenters. The minimum atomic E-state index is -0.217. The first kappa shape index (κ1) is 17.1. The number of amides is 1. The van der Waals surface area contributed by atoms with E-state index in [9.17, 15) is 10.1 Å². The molecule has 0 N–H and O–H groups in total. The molecule has 1 saturated heterocycles. The fourth-order valence-corrected chi connectivity index (χ4v) is 2.97. The summed E-state index contributed by atoms with van der Waals surface area (Å²) in [6, 6.07) is 19.2. The molecule has 5 heteroatoms. The molecule has 0 aromatic heterocycles. The summed E-state index contributed by atoms with van der Waals surface area (Å²) in [5, 5.41) is 9.99. The molecule has 2 aromatic rings. The monoisotopic (exact) mass is 351 g/mol. The number of hydrogen-bond acceptors (Lipinski definition) is 3. The molecule has 25 heavy (non-hydrogen) atoms. The molecule has 0 bridgehead atoms. The van der Waals surface area contributed by atoms with Crippen LogP contribution in [0.4, 0.5) is 5.69 Å². The third-order valence-corrected chi connectivity index (χ3v) is 4.47. The number of piperazine rings is 1. The molecular weight excluding hydrogens is 334 g/mol. The first-order valence-electron chi connectivity index (χ1n) is 8.14. The summed E-state index contributed by atoms with van der Waals surface area (Å²) >= 11 is 5.87. The van der Waals surface area contributed by atoms with Gasteiger partial charge in [-0.3, -0.25) is 4.79 Å². The van der Waals surface area contributed by atoms with E-state index in [0.717, 1.165) is 24.3 Å². The van der Waals surface area contributed by atoms with E-state index in [0.29, 0.717) is 18.1 Å². The molecular formula is C20H18ClN3O. The van der Waals surface area contributed by atoms with Crippen molar-refractivity contribution in [1.29, 1.82) is 5.26 Å². The molecule has 126 valence electrons. The lowest BCUT2D eigenvalue weighted by Crippen LogP contribution is -2.49. The van der Waals surface area contributed by atoms with Crippen LogP contribution < -0.4 is 4.90 Å². The predicted molar refractivity (Wildman–Crippen MR) is 100 cm³/mol. The Balaban J connectivity index is 1.66. The summed E-state index contributed by atoms with van der Waals surface area (Å²) in [6.45, 7) is 2.73. The highest BCUT2D eigenvalue weighted by molar-refractivity contribution is 6.30. The second-order valence-electron chi connectivity index (χ2n) is 5.84. The first-order chi connectivity index (χ1) is 12.2. The van der Waals surface area contributed by atoms with Crippen molar-refractivity contribution in [3.05, 3.63) is 70.8 Å². The topological polar surface area (TPSA) is 47.3 Å². The maximum absolute atomic E-state index is 12.6. The van der Waals surface area contributed by atoms with Crippen LogP contribution in [0.15, 0.2) is 60.2 Å². The number of carbonyl (C=O) groups is 1. The van der Waals surface area contributed by atoms with Gasteiger partial charge in [0.05, 0.1) is 0 Å². The highest BCUT2D eigenvalue weighted by Crippen LogP contribution is 2.18. The van der Waals surface area contributed by atoms with Crippen LogP contribution >= 0.6 is 11.6 Å². The number of benzene rings is 2. The summed E-state index contributed by atoms with van der Waals surface area (Å²) in [7, 11) is 0. The fraction of sp³-hybridized carbons (Fsp3) is 0.200. The van der Waals surface area contributed by atoms with Crippen molar-refractivity contribution >= 4 is 29.3 Å². The Hall–Kier alpha value is -2.77. The molecule has 0 radical (unpaired) electrons. The van der Waals surface area contributed by atoms with E-state index in [1.165, 1.54) is 0 Å². The Morgan fingerprint density at radius 3 is 2.24 bits per heavy atom. The quantitative estimate of drug-likeness (QED) is 0.627. The van der Waals surface area contributed by atoms with Gasteiger partial charge in [0.15, 0.2) is 0 Å². The second kappa shape index (κ2) is 7.87. The van der Waals surface area contributed by atoms with Gasteiger partial charge < -0.3 is 9.80 Å². The Morgan fingerprint density at radius 2 is 1.64 bits per heavy atom. The van der Waals surface area contributed by atoms with E-state index in [1.54, 1.807) is 35.2 Å². The van der Waals surface area contributed by atoms with Gasteiger partial charge in [0.2, 0.25) is 0 Å². The van der Waals surface area contributed by atoms with Gasteiger partial charge in [-0.15, -0.1) is 0 Å². The van der Waals surface area contributed by atoms with Gasteiger partial charge in [-0.2, -0.15) is 5.26 Å². The molecule has 3 rings (SSSR count). The molecule has 0 saturated carbocycles. The largest absolute Gasteiger partial charge is 0.368 e. The molecule has 1 amide bonds. The average Bonchev–Trinajstić information content (AvgIpc) is 2.68. The number of rotatable bonds is 3. The summed E-state index contributed by atoms with van der Waals surface area (Å²) < 4.78 is 0. The van der Waals surface area contributed by atoms with Crippen molar-refractivity contribution in [2.45, 2.75) is 0 Å². The average molecular weight is 352 g/mol. The number of para-hydroxylation sites is 1. The first-order valence-corrected chi connectivity index (χ1v) is 8.52. The van der Waals surface area contributed by atoms with Gasteiger partial charge in [-0.25, -0.2) is 0 Å². The lowest BCUT2D eigenvalue weighted by molar-refractivity contribution is -0.126. The van der Waals surface area contributed by atoms with Crippen LogP contribution in [0.25, 0.3) is 6.08 Å². The Bertz CT molecular complexity index is 801. The van der Waals surface area contributed by atoms with Crippen molar-refractivity contribution in [3.8, 4) is 6.07 Å². The highest BCUT2D eigenvalue weighted by atomic mass is 35.5. The van der Waals surface area contributed by atoms with Crippen LogP contribution in [0.1, 0.15) is 5.56 Å². The van der Waals surface area contributed by atoms with Crippen molar-refractivity contribution in [2.75, 3.05) is 31.1 Å². The molecule has 0 atom stereocenters. The van der Waals surface area contributed by atoms with Gasteiger partial charge >= 0.3 is 0 Å². The molecule has 4 nitrogen and oxygen atoms in total. The fourth-order valence-electron chi connectivity index (χ4n) is 2.84. The van der Waals surface area contributed by atoms with Crippen LogP contribution in [-0.2, 0) is 4.79 Å². The summed E-state index contributed by atoms with van der Waals surface area (Å²) in [4.78, 5) is 16.6. The molecule has 1 fully saturated rings. The second-order valence-corrected chi connectivity index (χ2v) is 6.27. The van der Waals surface area contributed by atoms with Gasteiger partial charge in [-0.05, 0) is 35.9 Å². The van der Waals surface area contributed by atoms with E-state index in [-0.39, 0.29) is 11.5 Å². The van der Waals surface area contributed by atoms with Gasteiger partial charge in [-0.1, -0.05) is 41.9 Å². The molecule has 1 aliphatic heterocycles. The Labute approximate surface area is 152 Å². The number of anilines is 1. The summed E-state index contributed by atoms with van der Waals surface area (Å²) in [5.41, 5.74) is 2.10. The van der Waals surface area contributed by atoms with Crippen LogP contribution in [0.5, 0.6) is 0 Å². The summed E-state index contributed by atoms with van der Waals surface area (Å²) in [5.74, 6) is -0.217. The third-order valence-electron chi connectivity index (χ3n) is 4.22. The maximum atomic E-state index is 12.6. The van der Waals surface area contributed by atoms with Gasteiger partial charge in [0.25, 0.3) is 5.91 Å². The Morgan fingerprint density at radius 1 is 1.00 bits per heavy atom. The molecule has 1 heterocycles. The van der Waals surface area contributed by atoms with Gasteiger partial charge in [0, 0.05) is 36.9 Å². The van der Waals surface area contributed by atoms with Crippen molar-refractivity contribution in [2.24, 2.45) is 0 Å². The third kappa shape index (κ3) is 4.20. The smallest absolute Gasteiger partial charge is 0.264 e. The number of hydrogen-bond donors (Lipinski definition) is 0. The number of nitriles is 1. The van der Waals surface area contributed by atoms with Crippen LogP contribution in [0.2, 0.25) is 5.02 Å². The SMILES string of the molecule is N#C/C(=C\c1ccc(Cl)cc1)C(=O)N1CCN(c2ccccc2)CC1. The minimum absolute atomic E-state index is 0.149. The number of nitrogens with zero attached hydrogens (tertiary/aromatic N) is 3. The van der Waals surface area contributed by atoms with Gasteiger partial charge in [0.1, 0.15) is 11.6 Å². The van der Waals surface area contributed by atoms with E-state index < -0.39 is 0 Å².